The summed E-state index contributed by atoms with van der Waals surface area (Å²) in [5, 5.41) is 0. The van der Waals surface area contributed by atoms with Crippen LogP contribution in [0.4, 0.5) is 0 Å². The van der Waals surface area contributed by atoms with Crippen molar-refractivity contribution < 1.29 is 0 Å². The summed E-state index contributed by atoms with van der Waals surface area (Å²) >= 11 is 0. The van der Waals surface area contributed by atoms with Crippen molar-refractivity contribution in [3.05, 3.63) is 11.8 Å². The van der Waals surface area contributed by atoms with E-state index in [0.29, 0.717) is 0 Å². The molecule has 0 rings (SSSR count). The van der Waals surface area contributed by atoms with Crippen LogP contribution in [0.25, 0.3) is 0 Å². The van der Waals surface area contributed by atoms with Crippen LogP contribution >= 0.6 is 0 Å². The summed E-state index contributed by atoms with van der Waals surface area (Å²) in [5.41, 5.74) is 11.7. The Kier molecular flexibility index (Phi) is 4.36. The van der Waals surface area contributed by atoms with Gasteiger partial charge in [-0.3, -0.25) is 0 Å². The molecule has 0 aliphatic carbocycles. The van der Waals surface area contributed by atoms with Crippen molar-refractivity contribution >= 4 is 0 Å². The quantitative estimate of drug-likeness (QED) is 0.564. The molecular weight excluding hydrogens is 100 g/mol. The number of allylic oxidation sites excluding steroid dienone is 1. The molecule has 0 radical (unpaired) electrons. The van der Waals surface area contributed by atoms with Crippen LogP contribution in [0.2, 0.25) is 0 Å². The van der Waals surface area contributed by atoms with E-state index < -0.39 is 0 Å². The first-order valence-corrected chi connectivity index (χ1v) is 2.88. The molecule has 0 atom stereocenters. The van der Waals surface area contributed by atoms with Crippen molar-refractivity contribution in [1.29, 1.82) is 0 Å². The maximum absolute atomic E-state index is 5.26. The topological polar surface area (TPSA) is 52.0 Å². The van der Waals surface area contributed by atoms with Crippen LogP contribution in [0.15, 0.2) is 11.8 Å². The lowest BCUT2D eigenvalue weighted by Crippen LogP contribution is -1.98. The highest BCUT2D eigenvalue weighted by atomic mass is 14.5. The van der Waals surface area contributed by atoms with E-state index in [1.54, 1.807) is 6.20 Å². The third-order valence-electron chi connectivity index (χ3n) is 1.06. The molecule has 0 saturated heterocycles. The van der Waals surface area contributed by atoms with Crippen molar-refractivity contribution in [1.82, 2.24) is 0 Å². The van der Waals surface area contributed by atoms with Gasteiger partial charge < -0.3 is 11.5 Å². The zero-order valence-electron chi connectivity index (χ0n) is 5.35. The van der Waals surface area contributed by atoms with Crippen LogP contribution in [-0.4, -0.2) is 6.54 Å². The Labute approximate surface area is 50.6 Å². The third-order valence-corrected chi connectivity index (χ3v) is 1.06. The Bertz CT molecular complexity index is 76.6. The van der Waals surface area contributed by atoms with E-state index in [4.69, 9.17) is 11.5 Å². The fraction of sp³-hybridized carbons (Fsp3) is 0.667. The molecule has 0 saturated carbocycles. The van der Waals surface area contributed by atoms with E-state index in [1.165, 1.54) is 5.57 Å². The maximum atomic E-state index is 5.26. The van der Waals surface area contributed by atoms with Gasteiger partial charge in [0.15, 0.2) is 0 Å². The van der Waals surface area contributed by atoms with Crippen molar-refractivity contribution in [2.45, 2.75) is 19.8 Å². The molecule has 0 heterocycles. The number of rotatable bonds is 3. The lowest BCUT2D eigenvalue weighted by atomic mass is 10.2. The second kappa shape index (κ2) is 4.65. The summed E-state index contributed by atoms with van der Waals surface area (Å²) in [6.45, 7) is 2.76. The molecule has 2 heteroatoms. The van der Waals surface area contributed by atoms with E-state index in [2.05, 4.69) is 0 Å². The van der Waals surface area contributed by atoms with Crippen molar-refractivity contribution in [3.63, 3.8) is 0 Å². The Morgan fingerprint density at radius 1 is 1.62 bits per heavy atom. The van der Waals surface area contributed by atoms with Gasteiger partial charge >= 0.3 is 0 Å². The number of hydrogen-bond acceptors (Lipinski definition) is 2. The van der Waals surface area contributed by atoms with Gasteiger partial charge in [0.1, 0.15) is 0 Å². The van der Waals surface area contributed by atoms with Gasteiger partial charge in [-0.1, -0.05) is 5.57 Å². The Morgan fingerprint density at radius 2 is 2.25 bits per heavy atom. The zero-order valence-corrected chi connectivity index (χ0v) is 5.35. The monoisotopic (exact) mass is 114 g/mol. The smallest absolute Gasteiger partial charge is 0.00733 e. The lowest BCUT2D eigenvalue weighted by molar-refractivity contribution is 0.821. The molecule has 0 aliphatic heterocycles. The van der Waals surface area contributed by atoms with Gasteiger partial charge in [0.2, 0.25) is 0 Å². The minimum atomic E-state index is 0.755. The average Bonchev–Trinajstić information content (AvgIpc) is 1.83. The number of nitrogens with two attached hydrogens (primary N) is 2. The van der Waals surface area contributed by atoms with E-state index in [0.717, 1.165) is 19.4 Å². The first-order chi connectivity index (χ1) is 3.81. The predicted molar refractivity (Wildman–Crippen MR) is 36.2 cm³/mol. The van der Waals surface area contributed by atoms with Crippen LogP contribution in [0.3, 0.4) is 0 Å². The van der Waals surface area contributed by atoms with Crippen LogP contribution < -0.4 is 11.5 Å². The van der Waals surface area contributed by atoms with Gasteiger partial charge in [0.25, 0.3) is 0 Å². The summed E-state index contributed by atoms with van der Waals surface area (Å²) in [6.07, 6.45) is 3.71. The molecule has 0 bridgehead atoms. The molecule has 0 aliphatic rings. The van der Waals surface area contributed by atoms with Gasteiger partial charge in [0, 0.05) is 0 Å². The first kappa shape index (κ1) is 7.50. The summed E-state index contributed by atoms with van der Waals surface area (Å²) < 4.78 is 0. The lowest BCUT2D eigenvalue weighted by Gasteiger charge is -1.94. The molecule has 2 nitrogen and oxygen atoms in total. The van der Waals surface area contributed by atoms with Crippen molar-refractivity contribution in [3.8, 4) is 0 Å². The highest BCUT2D eigenvalue weighted by molar-refractivity contribution is 4.93. The Balaban J connectivity index is 3.12. The molecule has 0 aromatic heterocycles. The minimum absolute atomic E-state index is 0.755. The predicted octanol–water partition coefficient (Wildman–Crippen LogP) is 0.588. The van der Waals surface area contributed by atoms with Gasteiger partial charge in [-0.15, -0.1) is 0 Å². The molecule has 48 valence electrons. The van der Waals surface area contributed by atoms with E-state index in [1.807, 2.05) is 6.92 Å². The van der Waals surface area contributed by atoms with Crippen molar-refractivity contribution in [2.75, 3.05) is 6.54 Å². The van der Waals surface area contributed by atoms with E-state index in [9.17, 15) is 0 Å². The molecule has 4 N–H and O–H groups in total. The average molecular weight is 114 g/mol. The van der Waals surface area contributed by atoms with Gasteiger partial charge in [-0.25, -0.2) is 0 Å². The van der Waals surface area contributed by atoms with Gasteiger partial charge in [-0.05, 0) is 32.5 Å². The molecule has 0 amide bonds. The summed E-state index contributed by atoms with van der Waals surface area (Å²) in [6, 6.07) is 0. The first-order valence-electron chi connectivity index (χ1n) is 2.88. The molecule has 0 fully saturated rings. The fourth-order valence-electron chi connectivity index (χ4n) is 0.464. The highest BCUT2D eigenvalue weighted by Crippen LogP contribution is 1.98. The Morgan fingerprint density at radius 3 is 2.62 bits per heavy atom. The standard InChI is InChI=1S/C6H14N2/c1-6(5-8)3-2-4-7/h5H,2-4,7-8H2,1H3. The SMILES string of the molecule is CC(=CN)CCCN. The van der Waals surface area contributed by atoms with Crippen LogP contribution in [0.5, 0.6) is 0 Å². The molecule has 8 heavy (non-hydrogen) atoms. The third kappa shape index (κ3) is 3.68. The highest BCUT2D eigenvalue weighted by Gasteiger charge is 1.84. The molecule has 0 spiro atoms. The number of hydrogen-bond donors (Lipinski definition) is 2. The summed E-state index contributed by atoms with van der Waals surface area (Å²) in [7, 11) is 0. The maximum Gasteiger partial charge on any atom is -0.00733 e. The van der Waals surface area contributed by atoms with Crippen LogP contribution in [-0.2, 0) is 0 Å². The van der Waals surface area contributed by atoms with Gasteiger partial charge in [0.05, 0.1) is 0 Å². The molecular formula is C6H14N2. The molecule has 0 aromatic rings. The Hall–Kier alpha value is -0.500. The fourth-order valence-corrected chi connectivity index (χ4v) is 0.464. The summed E-state index contributed by atoms with van der Waals surface area (Å²) in [4.78, 5) is 0. The zero-order chi connectivity index (χ0) is 6.41. The second-order valence-electron chi connectivity index (χ2n) is 1.91. The van der Waals surface area contributed by atoms with Crippen LogP contribution in [0.1, 0.15) is 19.8 Å². The second-order valence-corrected chi connectivity index (χ2v) is 1.91. The van der Waals surface area contributed by atoms with E-state index in [-0.39, 0.29) is 0 Å². The normalized spacial score (nSPS) is 12.0. The van der Waals surface area contributed by atoms with Crippen LogP contribution in [0, 0.1) is 0 Å². The molecule has 0 unspecified atom stereocenters. The van der Waals surface area contributed by atoms with E-state index >= 15 is 0 Å². The largest absolute Gasteiger partial charge is 0.405 e. The van der Waals surface area contributed by atoms with Gasteiger partial charge in [-0.2, -0.15) is 0 Å². The molecule has 0 aromatic carbocycles. The van der Waals surface area contributed by atoms with Crippen molar-refractivity contribution in [2.24, 2.45) is 11.5 Å². The summed E-state index contributed by atoms with van der Waals surface area (Å²) in [5.74, 6) is 0. The minimum Gasteiger partial charge on any atom is -0.405 e.